The predicted molar refractivity (Wildman–Crippen MR) is 114 cm³/mol. The number of aromatic hydroxyl groups is 1. The van der Waals surface area contributed by atoms with E-state index in [-0.39, 0.29) is 16.6 Å². The standard InChI is InChI=1S/C21H35N3O3S/c1-6-24(7-2)28(26,27)17-9-8-16(25)19-18(17)21(14-22-19)10-12-23(13-11-21)15-20(3,4)5/h8-9,22,25H,6-7,10-15H2,1-5H3. The number of fused-ring (bicyclic) bond motifs is 2. The van der Waals surface area contributed by atoms with Gasteiger partial charge in [-0.3, -0.25) is 0 Å². The lowest BCUT2D eigenvalue weighted by Gasteiger charge is -2.42. The van der Waals surface area contributed by atoms with E-state index in [2.05, 4.69) is 31.0 Å². The van der Waals surface area contributed by atoms with E-state index >= 15 is 0 Å². The molecule has 1 spiro atoms. The molecule has 7 heteroatoms. The second-order valence-electron chi connectivity index (χ2n) is 9.39. The summed E-state index contributed by atoms with van der Waals surface area (Å²) >= 11 is 0. The molecule has 28 heavy (non-hydrogen) atoms. The summed E-state index contributed by atoms with van der Waals surface area (Å²) in [6, 6.07) is 3.11. The van der Waals surface area contributed by atoms with Crippen LogP contribution in [0.4, 0.5) is 5.69 Å². The predicted octanol–water partition coefficient (Wildman–Crippen LogP) is 3.23. The number of phenols is 1. The average Bonchev–Trinajstić information content (AvgIpc) is 2.97. The van der Waals surface area contributed by atoms with Gasteiger partial charge in [-0.15, -0.1) is 0 Å². The summed E-state index contributed by atoms with van der Waals surface area (Å²) < 4.78 is 28.2. The van der Waals surface area contributed by atoms with E-state index < -0.39 is 10.0 Å². The number of likely N-dealkylation sites (tertiary alicyclic amines) is 1. The quantitative estimate of drug-likeness (QED) is 0.731. The number of anilines is 1. The first kappa shape index (κ1) is 21.4. The first-order valence-electron chi connectivity index (χ1n) is 10.4. The topological polar surface area (TPSA) is 72.9 Å². The van der Waals surface area contributed by atoms with Crippen LogP contribution in [-0.4, -0.2) is 62.0 Å². The van der Waals surface area contributed by atoms with Crippen molar-refractivity contribution in [3.63, 3.8) is 0 Å². The van der Waals surface area contributed by atoms with Gasteiger partial charge in [0.25, 0.3) is 0 Å². The van der Waals surface area contributed by atoms with Crippen LogP contribution in [0.5, 0.6) is 5.75 Å². The van der Waals surface area contributed by atoms with E-state index in [1.165, 1.54) is 10.4 Å². The Kier molecular flexibility index (Phi) is 5.73. The molecule has 2 heterocycles. The van der Waals surface area contributed by atoms with Gasteiger partial charge >= 0.3 is 0 Å². The number of rotatable bonds is 5. The molecule has 3 rings (SSSR count). The van der Waals surface area contributed by atoms with Crippen LogP contribution >= 0.6 is 0 Å². The van der Waals surface area contributed by atoms with E-state index in [4.69, 9.17) is 0 Å². The van der Waals surface area contributed by atoms with E-state index in [9.17, 15) is 13.5 Å². The van der Waals surface area contributed by atoms with Gasteiger partial charge in [0.05, 0.1) is 10.6 Å². The van der Waals surface area contributed by atoms with Crippen LogP contribution in [0, 0.1) is 5.41 Å². The molecule has 1 saturated heterocycles. The van der Waals surface area contributed by atoms with Gasteiger partial charge in [0, 0.05) is 37.2 Å². The first-order valence-corrected chi connectivity index (χ1v) is 11.8. The van der Waals surface area contributed by atoms with Crippen molar-refractivity contribution in [3.05, 3.63) is 17.7 Å². The molecule has 158 valence electrons. The number of nitrogens with zero attached hydrogens (tertiary/aromatic N) is 2. The molecule has 0 radical (unpaired) electrons. The number of benzene rings is 1. The zero-order valence-corrected chi connectivity index (χ0v) is 18.7. The lowest BCUT2D eigenvalue weighted by Crippen LogP contribution is -2.46. The lowest BCUT2D eigenvalue weighted by atomic mass is 9.74. The highest BCUT2D eigenvalue weighted by Gasteiger charge is 2.46. The van der Waals surface area contributed by atoms with E-state index in [1.807, 2.05) is 13.8 Å². The van der Waals surface area contributed by atoms with Crippen molar-refractivity contribution >= 4 is 15.7 Å². The van der Waals surface area contributed by atoms with Crippen LogP contribution in [0.2, 0.25) is 0 Å². The average molecular weight is 410 g/mol. The molecule has 2 N–H and O–H groups in total. The van der Waals surface area contributed by atoms with Crippen LogP contribution < -0.4 is 5.32 Å². The largest absolute Gasteiger partial charge is 0.506 e. The monoisotopic (exact) mass is 409 g/mol. The second kappa shape index (κ2) is 7.50. The molecule has 0 aliphatic carbocycles. The number of sulfonamides is 1. The van der Waals surface area contributed by atoms with Crippen molar-refractivity contribution < 1.29 is 13.5 Å². The van der Waals surface area contributed by atoms with Crippen LogP contribution in [0.3, 0.4) is 0 Å². The van der Waals surface area contributed by atoms with Gasteiger partial charge < -0.3 is 15.3 Å². The van der Waals surface area contributed by atoms with Crippen LogP contribution in [0.15, 0.2) is 17.0 Å². The maximum Gasteiger partial charge on any atom is 0.243 e. The Morgan fingerprint density at radius 1 is 1.18 bits per heavy atom. The molecule has 2 aliphatic heterocycles. The zero-order chi connectivity index (χ0) is 20.7. The number of nitrogens with one attached hydrogen (secondary N) is 1. The number of piperidine rings is 1. The maximum absolute atomic E-state index is 13.3. The molecular weight excluding hydrogens is 374 g/mol. The Morgan fingerprint density at radius 2 is 1.79 bits per heavy atom. The van der Waals surface area contributed by atoms with E-state index in [1.54, 1.807) is 6.07 Å². The van der Waals surface area contributed by atoms with Crippen molar-refractivity contribution in [2.24, 2.45) is 5.41 Å². The minimum atomic E-state index is -3.59. The lowest BCUT2D eigenvalue weighted by molar-refractivity contribution is 0.125. The Hall–Kier alpha value is -1.31. The summed E-state index contributed by atoms with van der Waals surface area (Å²) in [6.45, 7) is 14.9. The van der Waals surface area contributed by atoms with Crippen LogP contribution in [-0.2, 0) is 15.4 Å². The fraction of sp³-hybridized carbons (Fsp3) is 0.714. The molecule has 6 nitrogen and oxygen atoms in total. The summed E-state index contributed by atoms with van der Waals surface area (Å²) in [6.07, 6.45) is 1.79. The van der Waals surface area contributed by atoms with Gasteiger partial charge in [0.15, 0.2) is 0 Å². The van der Waals surface area contributed by atoms with E-state index in [0.717, 1.165) is 38.0 Å². The molecule has 0 aromatic heterocycles. The van der Waals surface area contributed by atoms with Crippen molar-refractivity contribution in [2.45, 2.75) is 57.8 Å². The van der Waals surface area contributed by atoms with Gasteiger partial charge in [-0.05, 0) is 43.5 Å². The highest BCUT2D eigenvalue weighted by atomic mass is 32.2. The third kappa shape index (κ3) is 3.76. The van der Waals surface area contributed by atoms with Crippen molar-refractivity contribution in [3.8, 4) is 5.75 Å². The Labute approximate surface area is 170 Å². The SMILES string of the molecule is CCN(CC)S(=O)(=O)c1ccc(O)c2c1C1(CCN(CC(C)(C)C)CC1)CN2. The minimum Gasteiger partial charge on any atom is -0.506 e. The van der Waals surface area contributed by atoms with Gasteiger partial charge in [-0.2, -0.15) is 4.31 Å². The van der Waals surface area contributed by atoms with Gasteiger partial charge in [0.1, 0.15) is 5.75 Å². The number of hydrogen-bond acceptors (Lipinski definition) is 5. The van der Waals surface area contributed by atoms with Crippen LogP contribution in [0.25, 0.3) is 0 Å². The van der Waals surface area contributed by atoms with Gasteiger partial charge in [-0.25, -0.2) is 8.42 Å². The third-order valence-corrected chi connectivity index (χ3v) is 8.21. The van der Waals surface area contributed by atoms with E-state index in [0.29, 0.717) is 30.2 Å². The molecular formula is C21H35N3O3S. The summed E-state index contributed by atoms with van der Waals surface area (Å²) in [5.74, 6) is 0.141. The summed E-state index contributed by atoms with van der Waals surface area (Å²) in [4.78, 5) is 2.84. The zero-order valence-electron chi connectivity index (χ0n) is 17.9. The molecule has 0 saturated carbocycles. The molecule has 1 fully saturated rings. The van der Waals surface area contributed by atoms with Gasteiger partial charge in [0.2, 0.25) is 10.0 Å². The fourth-order valence-electron chi connectivity index (χ4n) is 4.78. The Morgan fingerprint density at radius 3 is 2.32 bits per heavy atom. The normalized spacial score (nSPS) is 19.8. The number of phenolic OH excluding ortho intramolecular Hbond substituents is 1. The van der Waals surface area contributed by atoms with Gasteiger partial charge in [-0.1, -0.05) is 34.6 Å². The van der Waals surface area contributed by atoms with Crippen molar-refractivity contribution in [2.75, 3.05) is 44.6 Å². The van der Waals surface area contributed by atoms with Crippen molar-refractivity contribution in [1.29, 1.82) is 0 Å². The Balaban J connectivity index is 1.99. The second-order valence-corrected chi connectivity index (χ2v) is 11.3. The first-order chi connectivity index (χ1) is 13.0. The Bertz CT molecular complexity index is 818. The molecule has 1 aromatic rings. The smallest absolute Gasteiger partial charge is 0.243 e. The summed E-state index contributed by atoms with van der Waals surface area (Å²) in [5, 5.41) is 13.7. The maximum atomic E-state index is 13.3. The molecule has 2 aliphatic rings. The molecule has 1 aromatic carbocycles. The minimum absolute atomic E-state index is 0.141. The molecule has 0 atom stereocenters. The molecule has 0 bridgehead atoms. The summed E-state index contributed by atoms with van der Waals surface area (Å²) in [5.41, 5.74) is 1.41. The highest BCUT2D eigenvalue weighted by Crippen LogP contribution is 2.50. The molecule has 0 unspecified atom stereocenters. The van der Waals surface area contributed by atoms with Crippen molar-refractivity contribution in [1.82, 2.24) is 9.21 Å². The third-order valence-electron chi connectivity index (χ3n) is 6.11. The number of hydrogen-bond donors (Lipinski definition) is 2. The van der Waals surface area contributed by atoms with Crippen LogP contribution in [0.1, 0.15) is 53.0 Å². The highest BCUT2D eigenvalue weighted by molar-refractivity contribution is 7.89. The summed E-state index contributed by atoms with van der Waals surface area (Å²) in [7, 11) is -3.59. The molecule has 0 amide bonds. The fourth-order valence-corrected chi connectivity index (χ4v) is 6.55.